The average Bonchev–Trinajstić information content (AvgIpc) is 3.19. The highest BCUT2D eigenvalue weighted by Gasteiger charge is 2.30. The van der Waals surface area contributed by atoms with Gasteiger partial charge in [0.15, 0.2) is 9.84 Å². The van der Waals surface area contributed by atoms with Gasteiger partial charge < -0.3 is 5.32 Å². The third-order valence-corrected chi connectivity index (χ3v) is 7.20. The molecule has 5 nitrogen and oxygen atoms in total. The van der Waals surface area contributed by atoms with E-state index in [0.29, 0.717) is 5.56 Å². The van der Waals surface area contributed by atoms with Gasteiger partial charge >= 0.3 is 0 Å². The van der Waals surface area contributed by atoms with Crippen LogP contribution in [0, 0.1) is 0 Å². The molecular formula is C18H16N2O3S2. The molecule has 25 heavy (non-hydrogen) atoms. The van der Waals surface area contributed by atoms with E-state index in [0.717, 1.165) is 0 Å². The summed E-state index contributed by atoms with van der Waals surface area (Å²) < 4.78 is 26.3. The zero-order valence-electron chi connectivity index (χ0n) is 13.2. The van der Waals surface area contributed by atoms with Gasteiger partial charge in [-0.05, 0) is 29.1 Å². The number of rotatable bonds is 6. The van der Waals surface area contributed by atoms with E-state index in [4.69, 9.17) is 0 Å². The molecule has 7 heteroatoms. The molecule has 0 aliphatic heterocycles. The molecule has 0 fully saturated rings. The minimum Gasteiger partial charge on any atom is -0.349 e. The Labute approximate surface area is 150 Å². The van der Waals surface area contributed by atoms with Gasteiger partial charge in [0.1, 0.15) is 15.2 Å². The second kappa shape index (κ2) is 7.58. The van der Waals surface area contributed by atoms with Gasteiger partial charge in [-0.3, -0.25) is 9.78 Å². The number of thiophene rings is 1. The Morgan fingerprint density at radius 2 is 1.80 bits per heavy atom. The van der Waals surface area contributed by atoms with E-state index in [-0.39, 0.29) is 16.4 Å². The van der Waals surface area contributed by atoms with Crippen LogP contribution < -0.4 is 5.32 Å². The van der Waals surface area contributed by atoms with Gasteiger partial charge in [0, 0.05) is 12.7 Å². The van der Waals surface area contributed by atoms with Crippen molar-refractivity contribution in [1.29, 1.82) is 0 Å². The smallest absolute Gasteiger partial charge is 0.269 e. The molecule has 0 aliphatic rings. The van der Waals surface area contributed by atoms with Crippen molar-refractivity contribution >= 4 is 27.1 Å². The molecule has 1 aromatic carbocycles. The normalized spacial score (nSPS) is 12.5. The number of pyridine rings is 1. The van der Waals surface area contributed by atoms with E-state index in [1.165, 1.54) is 17.5 Å². The summed E-state index contributed by atoms with van der Waals surface area (Å²) in [5, 5.41) is 3.55. The number of carbonyl (C=O) groups excluding carboxylic acids is 1. The Bertz CT molecular complexity index is 925. The minimum absolute atomic E-state index is 0.0281. The Kier molecular flexibility index (Phi) is 5.25. The molecule has 0 aliphatic carbocycles. The van der Waals surface area contributed by atoms with Gasteiger partial charge in [0.2, 0.25) is 0 Å². The minimum atomic E-state index is -3.61. The zero-order chi connectivity index (χ0) is 17.7. The molecule has 0 radical (unpaired) electrons. The van der Waals surface area contributed by atoms with Crippen LogP contribution in [0.4, 0.5) is 0 Å². The maximum absolute atomic E-state index is 13.0. The fraction of sp³-hybridized carbons (Fsp3) is 0.111. The number of amides is 1. The fourth-order valence-corrected chi connectivity index (χ4v) is 5.28. The van der Waals surface area contributed by atoms with Gasteiger partial charge in [0.25, 0.3) is 5.91 Å². The summed E-state index contributed by atoms with van der Waals surface area (Å²) in [5.41, 5.74) is 0.889. The molecule has 3 aromatic rings. The van der Waals surface area contributed by atoms with E-state index in [1.807, 2.05) is 6.07 Å². The molecule has 1 atom stereocenters. The van der Waals surface area contributed by atoms with E-state index in [9.17, 15) is 13.2 Å². The lowest BCUT2D eigenvalue weighted by Gasteiger charge is -2.18. The van der Waals surface area contributed by atoms with Crippen molar-refractivity contribution in [2.75, 3.05) is 6.54 Å². The van der Waals surface area contributed by atoms with Crippen LogP contribution in [-0.4, -0.2) is 25.9 Å². The summed E-state index contributed by atoms with van der Waals surface area (Å²) in [6.07, 6.45) is 1.52. The summed E-state index contributed by atoms with van der Waals surface area (Å²) in [6.45, 7) is -0.0281. The second-order valence-corrected chi connectivity index (χ2v) is 8.61. The molecule has 0 saturated carbocycles. The number of nitrogens with one attached hydrogen (secondary N) is 1. The van der Waals surface area contributed by atoms with Crippen LogP contribution in [0.25, 0.3) is 0 Å². The summed E-state index contributed by atoms with van der Waals surface area (Å²) in [4.78, 5) is 16.2. The fourth-order valence-electron chi connectivity index (χ4n) is 2.41. The molecule has 3 rings (SSSR count). The molecule has 0 bridgehead atoms. The highest BCUT2D eigenvalue weighted by molar-refractivity contribution is 7.93. The van der Waals surface area contributed by atoms with Crippen LogP contribution in [0.3, 0.4) is 0 Å². The molecule has 1 N–H and O–H groups in total. The van der Waals surface area contributed by atoms with Crippen LogP contribution in [0.2, 0.25) is 0 Å². The average molecular weight is 372 g/mol. The number of sulfone groups is 1. The summed E-state index contributed by atoms with van der Waals surface area (Å²) in [7, 11) is -3.61. The maximum atomic E-state index is 13.0. The Hall–Kier alpha value is -2.51. The largest absolute Gasteiger partial charge is 0.349 e. The summed E-state index contributed by atoms with van der Waals surface area (Å²) in [6, 6.07) is 17.2. The van der Waals surface area contributed by atoms with Crippen molar-refractivity contribution in [3.8, 4) is 0 Å². The Morgan fingerprint density at radius 1 is 1.04 bits per heavy atom. The van der Waals surface area contributed by atoms with Crippen LogP contribution >= 0.6 is 11.3 Å². The molecule has 2 heterocycles. The van der Waals surface area contributed by atoms with Gasteiger partial charge in [0.05, 0.1) is 0 Å². The first-order valence-corrected chi connectivity index (χ1v) is 10.0. The summed E-state index contributed by atoms with van der Waals surface area (Å²) in [5.74, 6) is -0.400. The zero-order valence-corrected chi connectivity index (χ0v) is 14.8. The van der Waals surface area contributed by atoms with Crippen molar-refractivity contribution in [2.24, 2.45) is 0 Å². The van der Waals surface area contributed by atoms with Gasteiger partial charge in [-0.25, -0.2) is 8.42 Å². The second-order valence-electron chi connectivity index (χ2n) is 5.30. The standard InChI is InChI=1S/C18H16N2O3S2/c21-18(15-9-4-5-11-19-15)20-13-16(14-7-2-1-3-8-14)25(22,23)17-10-6-12-24-17/h1-12,16H,13H2,(H,20,21). The lowest BCUT2D eigenvalue weighted by molar-refractivity contribution is 0.0948. The predicted octanol–water partition coefficient (Wildman–Crippen LogP) is 3.09. The van der Waals surface area contributed by atoms with E-state index in [1.54, 1.807) is 60.0 Å². The predicted molar refractivity (Wildman–Crippen MR) is 97.3 cm³/mol. The van der Waals surface area contributed by atoms with Gasteiger partial charge in [-0.15, -0.1) is 11.3 Å². The molecule has 1 amide bonds. The summed E-state index contributed by atoms with van der Waals surface area (Å²) >= 11 is 1.17. The third kappa shape index (κ3) is 3.94. The van der Waals surface area contributed by atoms with Crippen molar-refractivity contribution in [2.45, 2.75) is 9.46 Å². The molecule has 0 spiro atoms. The van der Waals surface area contributed by atoms with Gasteiger partial charge in [-0.1, -0.05) is 42.5 Å². The number of hydrogen-bond donors (Lipinski definition) is 1. The van der Waals surface area contributed by atoms with Crippen molar-refractivity contribution in [1.82, 2.24) is 10.3 Å². The topological polar surface area (TPSA) is 76.1 Å². The number of hydrogen-bond acceptors (Lipinski definition) is 5. The molecule has 128 valence electrons. The van der Waals surface area contributed by atoms with E-state index < -0.39 is 21.0 Å². The molecule has 0 saturated heterocycles. The maximum Gasteiger partial charge on any atom is 0.269 e. The van der Waals surface area contributed by atoms with E-state index >= 15 is 0 Å². The molecular weight excluding hydrogens is 356 g/mol. The monoisotopic (exact) mass is 372 g/mol. The first-order chi connectivity index (χ1) is 12.1. The van der Waals surface area contributed by atoms with Crippen molar-refractivity contribution in [3.05, 3.63) is 83.5 Å². The lowest BCUT2D eigenvalue weighted by atomic mass is 10.1. The molecule has 2 aromatic heterocycles. The number of aromatic nitrogens is 1. The SMILES string of the molecule is O=C(NCC(c1ccccc1)S(=O)(=O)c1cccs1)c1ccccn1. The Morgan fingerprint density at radius 3 is 2.44 bits per heavy atom. The third-order valence-electron chi connectivity index (χ3n) is 3.67. The number of nitrogens with zero attached hydrogens (tertiary/aromatic N) is 1. The van der Waals surface area contributed by atoms with Crippen molar-refractivity contribution < 1.29 is 13.2 Å². The Balaban J connectivity index is 1.87. The number of benzene rings is 1. The van der Waals surface area contributed by atoms with Crippen LogP contribution in [0.5, 0.6) is 0 Å². The van der Waals surface area contributed by atoms with Crippen molar-refractivity contribution in [3.63, 3.8) is 0 Å². The lowest BCUT2D eigenvalue weighted by Crippen LogP contribution is -2.32. The van der Waals surface area contributed by atoms with Crippen LogP contribution in [0.15, 0.2) is 76.4 Å². The van der Waals surface area contributed by atoms with Gasteiger partial charge in [-0.2, -0.15) is 0 Å². The first-order valence-electron chi connectivity index (χ1n) is 7.60. The number of carbonyl (C=O) groups is 1. The highest BCUT2D eigenvalue weighted by Crippen LogP contribution is 2.31. The molecule has 1 unspecified atom stereocenters. The quantitative estimate of drug-likeness (QED) is 0.721. The first kappa shape index (κ1) is 17.3. The van der Waals surface area contributed by atoms with Crippen LogP contribution in [0.1, 0.15) is 21.3 Å². The highest BCUT2D eigenvalue weighted by atomic mass is 32.2. The van der Waals surface area contributed by atoms with Crippen LogP contribution in [-0.2, 0) is 9.84 Å². The van der Waals surface area contributed by atoms with E-state index in [2.05, 4.69) is 10.3 Å².